The number of rotatable bonds is 7. The maximum atomic E-state index is 4.67. The van der Waals surface area contributed by atoms with Crippen molar-refractivity contribution in [2.24, 2.45) is 10.9 Å². The van der Waals surface area contributed by atoms with E-state index in [4.69, 9.17) is 0 Å². The summed E-state index contributed by atoms with van der Waals surface area (Å²) in [4.78, 5) is 4.67. The van der Waals surface area contributed by atoms with Crippen molar-refractivity contribution in [3.8, 4) is 0 Å². The van der Waals surface area contributed by atoms with Crippen LogP contribution in [-0.4, -0.2) is 17.0 Å². The van der Waals surface area contributed by atoms with Crippen molar-refractivity contribution in [3.63, 3.8) is 0 Å². The van der Waals surface area contributed by atoms with E-state index < -0.39 is 0 Å². The SMILES string of the molecule is CCCCc1ccc(NC2=NCC(C(CC)CC)S2)cc1. The number of benzene rings is 1. The van der Waals surface area contributed by atoms with Gasteiger partial charge in [-0.2, -0.15) is 0 Å². The normalized spacial score (nSPS) is 18.1. The van der Waals surface area contributed by atoms with Gasteiger partial charge in [-0.3, -0.25) is 4.99 Å². The van der Waals surface area contributed by atoms with E-state index in [1.807, 2.05) is 11.8 Å². The molecule has 3 heteroatoms. The molecule has 0 amide bonds. The van der Waals surface area contributed by atoms with Gasteiger partial charge in [0.2, 0.25) is 0 Å². The summed E-state index contributed by atoms with van der Waals surface area (Å²) in [5.41, 5.74) is 2.59. The minimum atomic E-state index is 0.659. The Morgan fingerprint density at radius 3 is 2.52 bits per heavy atom. The standard InChI is InChI=1S/C18H28N2S/c1-4-7-8-14-9-11-16(12-10-14)20-18-19-13-17(21-18)15(5-2)6-3/h9-12,15,17H,4-8,13H2,1-3H3,(H,19,20). The molecule has 1 N–H and O–H groups in total. The van der Waals surface area contributed by atoms with Gasteiger partial charge in [0, 0.05) is 10.9 Å². The Balaban J connectivity index is 1.85. The highest BCUT2D eigenvalue weighted by Gasteiger charge is 2.25. The molecule has 1 aromatic rings. The highest BCUT2D eigenvalue weighted by molar-refractivity contribution is 8.15. The van der Waals surface area contributed by atoms with E-state index in [-0.39, 0.29) is 0 Å². The number of aliphatic imine (C=N–C) groups is 1. The fourth-order valence-corrected chi connectivity index (χ4v) is 4.12. The van der Waals surface area contributed by atoms with Crippen LogP contribution in [-0.2, 0) is 6.42 Å². The van der Waals surface area contributed by atoms with Crippen LogP contribution in [0.2, 0.25) is 0 Å². The van der Waals surface area contributed by atoms with Gasteiger partial charge >= 0.3 is 0 Å². The molecular formula is C18H28N2S. The van der Waals surface area contributed by atoms with Gasteiger partial charge in [-0.1, -0.05) is 63.9 Å². The molecule has 0 saturated carbocycles. The number of nitrogens with zero attached hydrogens (tertiary/aromatic N) is 1. The van der Waals surface area contributed by atoms with Crippen molar-refractivity contribution in [3.05, 3.63) is 29.8 Å². The van der Waals surface area contributed by atoms with Gasteiger partial charge in [0.15, 0.2) is 5.17 Å². The molecule has 1 aromatic carbocycles. The van der Waals surface area contributed by atoms with Crippen LogP contribution in [0.5, 0.6) is 0 Å². The summed E-state index contributed by atoms with van der Waals surface area (Å²) in [7, 11) is 0. The summed E-state index contributed by atoms with van der Waals surface area (Å²) in [6, 6.07) is 8.82. The molecule has 0 bridgehead atoms. The zero-order chi connectivity index (χ0) is 15.1. The van der Waals surface area contributed by atoms with Crippen molar-refractivity contribution in [1.29, 1.82) is 0 Å². The Labute approximate surface area is 133 Å². The molecule has 0 fully saturated rings. The molecule has 0 spiro atoms. The highest BCUT2D eigenvalue weighted by Crippen LogP contribution is 2.31. The molecule has 116 valence electrons. The van der Waals surface area contributed by atoms with Gasteiger partial charge in [0.1, 0.15) is 0 Å². The fourth-order valence-electron chi connectivity index (χ4n) is 2.78. The Bertz CT molecular complexity index is 449. The monoisotopic (exact) mass is 304 g/mol. The second-order valence-corrected chi connectivity index (χ2v) is 7.03. The zero-order valence-electron chi connectivity index (χ0n) is 13.6. The second kappa shape index (κ2) is 8.47. The first-order valence-electron chi connectivity index (χ1n) is 8.33. The number of unbranched alkanes of at least 4 members (excludes halogenated alkanes) is 1. The third-order valence-electron chi connectivity index (χ3n) is 4.28. The summed E-state index contributed by atoms with van der Waals surface area (Å²) < 4.78 is 0. The fraction of sp³-hybridized carbons (Fsp3) is 0.611. The number of nitrogens with one attached hydrogen (secondary N) is 1. The Morgan fingerprint density at radius 1 is 1.19 bits per heavy atom. The molecular weight excluding hydrogens is 276 g/mol. The first kappa shape index (κ1) is 16.4. The number of thioether (sulfide) groups is 1. The molecule has 0 saturated heterocycles. The summed E-state index contributed by atoms with van der Waals surface area (Å²) >= 11 is 1.92. The molecule has 0 aromatic heterocycles. The van der Waals surface area contributed by atoms with E-state index in [1.54, 1.807) is 0 Å². The quantitative estimate of drug-likeness (QED) is 0.734. The minimum Gasteiger partial charge on any atom is -0.335 e. The first-order valence-corrected chi connectivity index (χ1v) is 9.21. The van der Waals surface area contributed by atoms with Crippen molar-refractivity contribution in [2.45, 2.75) is 58.1 Å². The summed E-state index contributed by atoms with van der Waals surface area (Å²) in [5.74, 6) is 0.787. The Morgan fingerprint density at radius 2 is 1.90 bits per heavy atom. The van der Waals surface area contributed by atoms with Crippen LogP contribution >= 0.6 is 11.8 Å². The van der Waals surface area contributed by atoms with E-state index in [0.717, 1.165) is 23.3 Å². The van der Waals surface area contributed by atoms with Crippen LogP contribution in [0, 0.1) is 5.92 Å². The average molecular weight is 305 g/mol. The lowest BCUT2D eigenvalue weighted by Gasteiger charge is -2.18. The predicted molar refractivity (Wildman–Crippen MR) is 96.4 cm³/mol. The van der Waals surface area contributed by atoms with Gasteiger partial charge in [0.25, 0.3) is 0 Å². The first-order chi connectivity index (χ1) is 10.3. The third kappa shape index (κ3) is 4.77. The zero-order valence-corrected chi connectivity index (χ0v) is 14.4. The van der Waals surface area contributed by atoms with Gasteiger partial charge in [-0.15, -0.1) is 0 Å². The largest absolute Gasteiger partial charge is 0.335 e. The highest BCUT2D eigenvalue weighted by atomic mass is 32.2. The maximum absolute atomic E-state index is 4.67. The molecule has 1 atom stereocenters. The van der Waals surface area contributed by atoms with E-state index >= 15 is 0 Å². The summed E-state index contributed by atoms with van der Waals surface area (Å²) in [6.07, 6.45) is 6.21. The lowest BCUT2D eigenvalue weighted by atomic mass is 9.99. The van der Waals surface area contributed by atoms with Crippen molar-refractivity contribution in [1.82, 2.24) is 0 Å². The van der Waals surface area contributed by atoms with E-state index in [2.05, 4.69) is 55.3 Å². The lowest BCUT2D eigenvalue weighted by Crippen LogP contribution is -2.17. The summed E-state index contributed by atoms with van der Waals surface area (Å²) in [6.45, 7) is 7.78. The number of aryl methyl sites for hydroxylation is 1. The molecule has 2 nitrogen and oxygen atoms in total. The van der Waals surface area contributed by atoms with Gasteiger partial charge in [-0.05, 0) is 36.5 Å². The molecule has 21 heavy (non-hydrogen) atoms. The van der Waals surface area contributed by atoms with Crippen LogP contribution in [0.3, 0.4) is 0 Å². The minimum absolute atomic E-state index is 0.659. The Kier molecular flexibility index (Phi) is 6.62. The van der Waals surface area contributed by atoms with Crippen LogP contribution in [0.15, 0.2) is 29.3 Å². The van der Waals surface area contributed by atoms with Crippen LogP contribution in [0.25, 0.3) is 0 Å². The number of hydrogen-bond acceptors (Lipinski definition) is 3. The van der Waals surface area contributed by atoms with Gasteiger partial charge in [-0.25, -0.2) is 0 Å². The smallest absolute Gasteiger partial charge is 0.161 e. The average Bonchev–Trinajstić information content (AvgIpc) is 2.96. The molecule has 1 aliphatic heterocycles. The maximum Gasteiger partial charge on any atom is 0.161 e. The van der Waals surface area contributed by atoms with Crippen LogP contribution in [0.1, 0.15) is 52.0 Å². The molecule has 1 aliphatic rings. The van der Waals surface area contributed by atoms with Crippen LogP contribution < -0.4 is 5.32 Å². The van der Waals surface area contributed by atoms with E-state index in [0.29, 0.717) is 5.25 Å². The van der Waals surface area contributed by atoms with E-state index in [9.17, 15) is 0 Å². The Hall–Kier alpha value is -0.960. The topological polar surface area (TPSA) is 24.4 Å². The number of hydrogen-bond donors (Lipinski definition) is 1. The van der Waals surface area contributed by atoms with E-state index in [1.165, 1.54) is 37.7 Å². The van der Waals surface area contributed by atoms with Crippen molar-refractivity contribution >= 4 is 22.6 Å². The predicted octanol–water partition coefficient (Wildman–Crippen LogP) is 5.35. The van der Waals surface area contributed by atoms with Gasteiger partial charge < -0.3 is 5.32 Å². The molecule has 0 aliphatic carbocycles. The number of amidine groups is 1. The van der Waals surface area contributed by atoms with Gasteiger partial charge in [0.05, 0.1) is 6.54 Å². The van der Waals surface area contributed by atoms with Crippen LogP contribution in [0.4, 0.5) is 5.69 Å². The third-order valence-corrected chi connectivity index (χ3v) is 5.57. The second-order valence-electron chi connectivity index (χ2n) is 5.80. The molecule has 1 heterocycles. The number of anilines is 1. The molecule has 1 unspecified atom stereocenters. The summed E-state index contributed by atoms with van der Waals surface area (Å²) in [5, 5.41) is 5.22. The molecule has 0 radical (unpaired) electrons. The van der Waals surface area contributed by atoms with Crippen molar-refractivity contribution in [2.75, 3.05) is 11.9 Å². The van der Waals surface area contributed by atoms with Crippen molar-refractivity contribution < 1.29 is 0 Å². The lowest BCUT2D eigenvalue weighted by molar-refractivity contribution is 0.479. The molecule has 2 rings (SSSR count).